The van der Waals surface area contributed by atoms with E-state index in [1.54, 1.807) is 22.7 Å². The number of nitrogens with one attached hydrogen (secondary N) is 1. The van der Waals surface area contributed by atoms with Crippen molar-refractivity contribution < 1.29 is 9.59 Å². The van der Waals surface area contributed by atoms with E-state index in [1.807, 2.05) is 6.92 Å². The second-order valence-electron chi connectivity index (χ2n) is 5.46. The number of piperidine rings is 1. The zero-order valence-corrected chi connectivity index (χ0v) is 12.6. The van der Waals surface area contributed by atoms with Crippen LogP contribution in [0.2, 0.25) is 0 Å². The summed E-state index contributed by atoms with van der Waals surface area (Å²) in [4.78, 5) is 26.3. The number of nitrogens with zero attached hydrogens (tertiary/aromatic N) is 3. The van der Waals surface area contributed by atoms with Crippen molar-refractivity contribution >= 4 is 11.8 Å². The summed E-state index contributed by atoms with van der Waals surface area (Å²) in [7, 11) is 1.76. The zero-order valence-electron chi connectivity index (χ0n) is 12.6. The van der Waals surface area contributed by atoms with E-state index < -0.39 is 0 Å². The molecule has 1 saturated heterocycles. The number of rotatable bonds is 4. The summed E-state index contributed by atoms with van der Waals surface area (Å²) in [6.07, 6.45) is 1.65. The number of aromatic nitrogens is 2. The fourth-order valence-corrected chi connectivity index (χ4v) is 2.69. The van der Waals surface area contributed by atoms with Crippen molar-refractivity contribution in [2.24, 2.45) is 18.7 Å². The average Bonchev–Trinajstić information content (AvgIpc) is 2.82. The average molecular weight is 293 g/mol. The summed E-state index contributed by atoms with van der Waals surface area (Å²) >= 11 is 0. The molecule has 1 unspecified atom stereocenters. The number of aryl methyl sites for hydroxylation is 2. The van der Waals surface area contributed by atoms with Crippen LogP contribution in [-0.2, 0) is 11.8 Å². The molecule has 21 heavy (non-hydrogen) atoms. The fraction of sp³-hybridized carbons (Fsp3) is 0.643. The van der Waals surface area contributed by atoms with Gasteiger partial charge in [-0.25, -0.2) is 0 Å². The van der Waals surface area contributed by atoms with Crippen LogP contribution in [0.1, 0.15) is 29.0 Å². The van der Waals surface area contributed by atoms with E-state index in [0.29, 0.717) is 31.9 Å². The molecule has 7 nitrogen and oxygen atoms in total. The largest absolute Gasteiger partial charge is 0.355 e. The molecule has 0 spiro atoms. The van der Waals surface area contributed by atoms with Crippen LogP contribution in [0, 0.1) is 12.8 Å². The van der Waals surface area contributed by atoms with Crippen molar-refractivity contribution in [2.75, 3.05) is 26.2 Å². The minimum absolute atomic E-state index is 0.0147. The van der Waals surface area contributed by atoms with Gasteiger partial charge in [-0.2, -0.15) is 5.10 Å². The van der Waals surface area contributed by atoms with E-state index in [2.05, 4.69) is 10.4 Å². The van der Waals surface area contributed by atoms with E-state index in [4.69, 9.17) is 5.73 Å². The smallest absolute Gasteiger partial charge is 0.272 e. The molecule has 1 atom stereocenters. The Morgan fingerprint density at radius 1 is 1.52 bits per heavy atom. The molecule has 7 heteroatoms. The van der Waals surface area contributed by atoms with Gasteiger partial charge in [-0.15, -0.1) is 0 Å². The van der Waals surface area contributed by atoms with Gasteiger partial charge < -0.3 is 16.0 Å². The van der Waals surface area contributed by atoms with Crippen LogP contribution in [0.25, 0.3) is 0 Å². The molecule has 0 saturated carbocycles. The minimum atomic E-state index is -0.149. The molecule has 0 aromatic carbocycles. The predicted octanol–water partition coefficient (Wildman–Crippen LogP) is -0.344. The van der Waals surface area contributed by atoms with Crippen molar-refractivity contribution in [3.8, 4) is 0 Å². The molecule has 1 aliphatic rings. The standard InChI is InChI=1S/C14H23N5O2/c1-10-8-12(18(2)17-10)14(21)19-7-3-4-11(9-19)13(20)16-6-5-15/h8,11H,3-7,9,15H2,1-2H3,(H,16,20). The van der Waals surface area contributed by atoms with Gasteiger partial charge in [0.15, 0.2) is 0 Å². The summed E-state index contributed by atoms with van der Waals surface area (Å²) in [6, 6.07) is 1.78. The van der Waals surface area contributed by atoms with Crippen LogP contribution in [0.3, 0.4) is 0 Å². The van der Waals surface area contributed by atoms with Gasteiger partial charge in [-0.3, -0.25) is 14.3 Å². The van der Waals surface area contributed by atoms with Crippen molar-refractivity contribution in [2.45, 2.75) is 19.8 Å². The molecule has 1 fully saturated rings. The lowest BCUT2D eigenvalue weighted by atomic mass is 9.97. The molecule has 0 bridgehead atoms. The Bertz CT molecular complexity index is 525. The van der Waals surface area contributed by atoms with E-state index in [0.717, 1.165) is 18.5 Å². The number of hydrogen-bond donors (Lipinski definition) is 2. The third-order valence-electron chi connectivity index (χ3n) is 3.74. The first-order valence-electron chi connectivity index (χ1n) is 7.30. The number of likely N-dealkylation sites (tertiary alicyclic amines) is 1. The van der Waals surface area contributed by atoms with E-state index in [9.17, 15) is 9.59 Å². The van der Waals surface area contributed by atoms with Crippen LogP contribution >= 0.6 is 0 Å². The maximum atomic E-state index is 12.5. The Morgan fingerprint density at radius 2 is 2.29 bits per heavy atom. The number of hydrogen-bond acceptors (Lipinski definition) is 4. The van der Waals surface area contributed by atoms with Crippen molar-refractivity contribution in [1.29, 1.82) is 0 Å². The first kappa shape index (κ1) is 15.5. The van der Waals surface area contributed by atoms with E-state index in [1.165, 1.54) is 0 Å². The molecule has 2 rings (SSSR count). The quantitative estimate of drug-likeness (QED) is 0.794. The SMILES string of the molecule is Cc1cc(C(=O)N2CCCC(C(=O)NCCN)C2)n(C)n1. The highest BCUT2D eigenvalue weighted by molar-refractivity contribution is 5.93. The molecule has 3 N–H and O–H groups in total. The summed E-state index contributed by atoms with van der Waals surface area (Å²) in [5.41, 5.74) is 6.77. The lowest BCUT2D eigenvalue weighted by Gasteiger charge is -2.32. The highest BCUT2D eigenvalue weighted by atomic mass is 16.2. The third-order valence-corrected chi connectivity index (χ3v) is 3.74. The van der Waals surface area contributed by atoms with Crippen molar-refractivity contribution in [1.82, 2.24) is 20.0 Å². The van der Waals surface area contributed by atoms with Crippen molar-refractivity contribution in [3.05, 3.63) is 17.5 Å². The molecule has 2 heterocycles. The Hall–Kier alpha value is -1.89. The second kappa shape index (κ2) is 6.71. The van der Waals surface area contributed by atoms with Crippen LogP contribution in [0.15, 0.2) is 6.07 Å². The Labute approximate surface area is 124 Å². The zero-order chi connectivity index (χ0) is 15.4. The summed E-state index contributed by atoms with van der Waals surface area (Å²) in [5, 5.41) is 6.99. The Morgan fingerprint density at radius 3 is 2.90 bits per heavy atom. The topological polar surface area (TPSA) is 93.3 Å². The van der Waals surface area contributed by atoms with Gasteiger partial charge in [0.1, 0.15) is 5.69 Å². The van der Waals surface area contributed by atoms with Gasteiger partial charge in [-0.05, 0) is 25.8 Å². The normalized spacial score (nSPS) is 18.6. The molecule has 0 radical (unpaired) electrons. The highest BCUT2D eigenvalue weighted by Crippen LogP contribution is 2.19. The van der Waals surface area contributed by atoms with E-state index >= 15 is 0 Å². The number of carbonyl (C=O) groups excluding carboxylic acids is 2. The molecule has 1 aromatic heterocycles. The van der Waals surface area contributed by atoms with Gasteiger partial charge >= 0.3 is 0 Å². The Kier molecular flexibility index (Phi) is 4.95. The summed E-state index contributed by atoms with van der Waals surface area (Å²) < 4.78 is 1.59. The van der Waals surface area contributed by atoms with Gasteiger partial charge in [0, 0.05) is 33.2 Å². The second-order valence-corrected chi connectivity index (χ2v) is 5.46. The number of nitrogens with two attached hydrogens (primary N) is 1. The maximum absolute atomic E-state index is 12.5. The third kappa shape index (κ3) is 3.60. The lowest BCUT2D eigenvalue weighted by Crippen LogP contribution is -2.46. The monoisotopic (exact) mass is 293 g/mol. The van der Waals surface area contributed by atoms with Crippen LogP contribution in [0.4, 0.5) is 0 Å². The fourth-order valence-electron chi connectivity index (χ4n) is 2.69. The van der Waals surface area contributed by atoms with Gasteiger partial charge in [-0.1, -0.05) is 0 Å². The maximum Gasteiger partial charge on any atom is 0.272 e. The molecule has 1 aromatic rings. The highest BCUT2D eigenvalue weighted by Gasteiger charge is 2.29. The van der Waals surface area contributed by atoms with Crippen LogP contribution < -0.4 is 11.1 Å². The lowest BCUT2D eigenvalue weighted by molar-refractivity contribution is -0.126. The van der Waals surface area contributed by atoms with Crippen LogP contribution in [0.5, 0.6) is 0 Å². The number of amides is 2. The first-order chi connectivity index (χ1) is 10.0. The summed E-state index contributed by atoms with van der Waals surface area (Å²) in [6.45, 7) is 3.90. The first-order valence-corrected chi connectivity index (χ1v) is 7.30. The molecule has 0 aliphatic carbocycles. The molecule has 2 amide bonds. The molecule has 116 valence electrons. The van der Waals surface area contributed by atoms with Crippen LogP contribution in [-0.4, -0.2) is 52.7 Å². The molecular weight excluding hydrogens is 270 g/mol. The van der Waals surface area contributed by atoms with Gasteiger partial charge in [0.25, 0.3) is 5.91 Å². The van der Waals surface area contributed by atoms with Gasteiger partial charge in [0.2, 0.25) is 5.91 Å². The predicted molar refractivity (Wildman–Crippen MR) is 78.6 cm³/mol. The Balaban J connectivity index is 2.02. The summed E-state index contributed by atoms with van der Waals surface area (Å²) in [5.74, 6) is -0.225. The van der Waals surface area contributed by atoms with E-state index in [-0.39, 0.29) is 17.7 Å². The molecular formula is C14H23N5O2. The van der Waals surface area contributed by atoms with Gasteiger partial charge in [0.05, 0.1) is 11.6 Å². The number of carbonyl (C=O) groups is 2. The van der Waals surface area contributed by atoms with Crippen molar-refractivity contribution in [3.63, 3.8) is 0 Å². The minimum Gasteiger partial charge on any atom is -0.355 e. The molecule has 1 aliphatic heterocycles.